The highest BCUT2D eigenvalue weighted by Crippen LogP contribution is 2.37. The van der Waals surface area contributed by atoms with Gasteiger partial charge in [-0.3, -0.25) is 9.78 Å². The normalized spacial score (nSPS) is 13.5. The second kappa shape index (κ2) is 12.1. The van der Waals surface area contributed by atoms with E-state index >= 15 is 0 Å². The molecule has 0 radical (unpaired) electrons. The Balaban J connectivity index is 1.63. The average Bonchev–Trinajstić information content (AvgIpc) is 3.40. The van der Waals surface area contributed by atoms with Crippen LogP contribution in [0.15, 0.2) is 48.8 Å². The van der Waals surface area contributed by atoms with E-state index in [-0.39, 0.29) is 16.9 Å². The third-order valence-electron chi connectivity index (χ3n) is 6.66. The number of carboxylic acid groups (broad SMARTS) is 1. The van der Waals surface area contributed by atoms with E-state index < -0.39 is 83.3 Å². The van der Waals surface area contributed by atoms with Crippen LogP contribution >= 0.6 is 0 Å². The first-order chi connectivity index (χ1) is 20.5. The molecule has 8 nitrogen and oxygen atoms in total. The zero-order valence-corrected chi connectivity index (χ0v) is 22.8. The van der Waals surface area contributed by atoms with E-state index in [0.717, 1.165) is 6.07 Å². The largest absolute Gasteiger partial charge is 0.480 e. The van der Waals surface area contributed by atoms with E-state index in [0.29, 0.717) is 17.8 Å². The molecular formula is C28H23F8N5O3. The molecule has 4 aromatic rings. The predicted octanol–water partition coefficient (Wildman–Crippen LogP) is 6.18. The van der Waals surface area contributed by atoms with Crippen molar-refractivity contribution in [3.63, 3.8) is 0 Å². The number of anilines is 1. The molecule has 0 bridgehead atoms. The maximum Gasteiger partial charge on any atom is 0.418 e. The fourth-order valence-corrected chi connectivity index (χ4v) is 4.54. The van der Waals surface area contributed by atoms with Crippen LogP contribution in [0.5, 0.6) is 0 Å². The summed E-state index contributed by atoms with van der Waals surface area (Å²) in [5, 5.41) is 13.7. The topological polar surface area (TPSA) is 109 Å². The molecule has 1 aromatic carbocycles. The van der Waals surface area contributed by atoms with Crippen molar-refractivity contribution < 1.29 is 49.8 Å². The quantitative estimate of drug-likeness (QED) is 0.191. The summed E-state index contributed by atoms with van der Waals surface area (Å²) in [6, 6.07) is 1.66. The van der Waals surface area contributed by atoms with Gasteiger partial charge in [0.25, 0.3) is 5.91 Å². The number of halogens is 8. The van der Waals surface area contributed by atoms with Crippen molar-refractivity contribution in [1.82, 2.24) is 19.7 Å². The first-order valence-electron chi connectivity index (χ1n) is 12.9. The third-order valence-corrected chi connectivity index (χ3v) is 6.66. The number of aryl methyl sites for hydroxylation is 1. The minimum Gasteiger partial charge on any atom is -0.480 e. The number of fused-ring (bicyclic) bond motifs is 1. The second-order valence-electron chi connectivity index (χ2n) is 9.74. The maximum absolute atomic E-state index is 14.7. The van der Waals surface area contributed by atoms with Crippen LogP contribution in [0.1, 0.15) is 40.7 Å². The van der Waals surface area contributed by atoms with Crippen molar-refractivity contribution in [3.05, 3.63) is 82.9 Å². The molecule has 0 aliphatic rings. The summed E-state index contributed by atoms with van der Waals surface area (Å²) >= 11 is 0. The third kappa shape index (κ3) is 6.73. The van der Waals surface area contributed by atoms with Gasteiger partial charge in [-0.15, -0.1) is 0 Å². The van der Waals surface area contributed by atoms with Crippen LogP contribution < -0.4 is 10.6 Å². The summed E-state index contributed by atoms with van der Waals surface area (Å²) < 4.78 is 111. The maximum atomic E-state index is 14.7. The number of nitrogens with one attached hydrogen (secondary N) is 2. The predicted molar refractivity (Wildman–Crippen MR) is 141 cm³/mol. The van der Waals surface area contributed by atoms with Gasteiger partial charge in [-0.1, -0.05) is 6.92 Å². The SMILES string of the molecule is CC[C@@H](Nc1cc(F)c(C(=O)N[C@@H](Cc2ccc(-c3nc(C)ccc3C(F)(F)F)c3nccn23)C(=O)O)c(F)c1)C(F)(F)F. The number of benzene rings is 1. The Bertz CT molecular complexity index is 1690. The summed E-state index contributed by atoms with van der Waals surface area (Å²) in [6.07, 6.45) is -7.83. The van der Waals surface area contributed by atoms with Gasteiger partial charge in [-0.05, 0) is 49.7 Å². The molecule has 2 atom stereocenters. The Labute approximate surface area is 243 Å². The van der Waals surface area contributed by atoms with Crippen LogP contribution in [0.2, 0.25) is 0 Å². The lowest BCUT2D eigenvalue weighted by Crippen LogP contribution is -2.43. The molecular weight excluding hydrogens is 606 g/mol. The lowest BCUT2D eigenvalue weighted by atomic mass is 10.0. The van der Waals surface area contributed by atoms with Crippen molar-refractivity contribution >= 4 is 23.2 Å². The van der Waals surface area contributed by atoms with Gasteiger partial charge in [0.1, 0.15) is 34.9 Å². The number of pyridine rings is 2. The molecule has 3 heterocycles. The smallest absolute Gasteiger partial charge is 0.418 e. The number of aliphatic carboxylic acids is 1. The molecule has 0 aliphatic heterocycles. The molecule has 44 heavy (non-hydrogen) atoms. The average molecular weight is 630 g/mol. The zero-order valence-electron chi connectivity index (χ0n) is 22.8. The number of hydrogen-bond acceptors (Lipinski definition) is 5. The molecule has 16 heteroatoms. The zero-order chi connectivity index (χ0) is 32.6. The van der Waals surface area contributed by atoms with Gasteiger partial charge in [-0.2, -0.15) is 26.3 Å². The fraction of sp³-hybridized carbons (Fsp3) is 0.286. The fourth-order valence-electron chi connectivity index (χ4n) is 4.54. The minimum absolute atomic E-state index is 0.00835. The summed E-state index contributed by atoms with van der Waals surface area (Å²) in [5.41, 5.74) is -2.83. The van der Waals surface area contributed by atoms with Gasteiger partial charge in [0.05, 0.1) is 11.3 Å². The Morgan fingerprint density at radius 1 is 1.02 bits per heavy atom. The number of imidazole rings is 1. The standard InChI is InChI=1S/C28H23F8N5O3/c1-3-21(28(34,35)36)39-14-10-18(29)22(19(30)11-14)25(42)40-20(26(43)44)12-15-5-6-16(24-37-8-9-41(15)24)23-17(27(31,32)33)7-4-13(2)38-23/h4-11,20-21,39H,3,12H2,1-2H3,(H,40,42)(H,43,44)/t20-,21+/m0/s1. The van der Waals surface area contributed by atoms with Crippen LogP contribution in [-0.2, 0) is 17.4 Å². The highest BCUT2D eigenvalue weighted by atomic mass is 19.4. The summed E-state index contributed by atoms with van der Waals surface area (Å²) in [7, 11) is 0. The Morgan fingerprint density at radius 3 is 2.25 bits per heavy atom. The van der Waals surface area contributed by atoms with Crippen LogP contribution in [0, 0.1) is 18.6 Å². The molecule has 0 unspecified atom stereocenters. The summed E-state index contributed by atoms with van der Waals surface area (Å²) in [4.78, 5) is 32.9. The van der Waals surface area contributed by atoms with Crippen molar-refractivity contribution in [1.29, 1.82) is 0 Å². The molecule has 1 amide bonds. The van der Waals surface area contributed by atoms with Gasteiger partial charge in [-0.25, -0.2) is 18.6 Å². The first-order valence-corrected chi connectivity index (χ1v) is 12.9. The monoisotopic (exact) mass is 629 g/mol. The number of aromatic nitrogens is 3. The van der Waals surface area contributed by atoms with Crippen LogP contribution in [0.25, 0.3) is 16.9 Å². The van der Waals surface area contributed by atoms with E-state index in [2.05, 4.69) is 9.97 Å². The van der Waals surface area contributed by atoms with Crippen LogP contribution in [0.4, 0.5) is 40.8 Å². The molecule has 0 saturated heterocycles. The summed E-state index contributed by atoms with van der Waals surface area (Å²) in [5.74, 6) is -6.21. The number of hydrogen-bond donors (Lipinski definition) is 3. The molecule has 234 valence electrons. The highest BCUT2D eigenvalue weighted by molar-refractivity contribution is 5.97. The van der Waals surface area contributed by atoms with E-state index in [4.69, 9.17) is 0 Å². The number of carbonyl (C=O) groups excluding carboxylic acids is 1. The van der Waals surface area contributed by atoms with Crippen LogP contribution in [-0.4, -0.2) is 49.6 Å². The van der Waals surface area contributed by atoms with E-state index in [1.807, 2.05) is 10.6 Å². The Morgan fingerprint density at radius 2 is 1.68 bits per heavy atom. The van der Waals surface area contributed by atoms with E-state index in [9.17, 15) is 49.8 Å². The second-order valence-corrected chi connectivity index (χ2v) is 9.74. The van der Waals surface area contributed by atoms with Gasteiger partial charge < -0.3 is 20.1 Å². The van der Waals surface area contributed by atoms with Crippen molar-refractivity contribution in [3.8, 4) is 11.3 Å². The Kier molecular flexibility index (Phi) is 8.83. The number of rotatable bonds is 9. The molecule has 4 rings (SSSR count). The minimum atomic E-state index is -4.74. The highest BCUT2D eigenvalue weighted by Gasteiger charge is 2.39. The van der Waals surface area contributed by atoms with Crippen LogP contribution in [0.3, 0.4) is 0 Å². The number of carbonyl (C=O) groups is 2. The van der Waals surface area contributed by atoms with E-state index in [1.165, 1.54) is 48.8 Å². The lowest BCUT2D eigenvalue weighted by Gasteiger charge is -2.22. The number of nitrogens with zero attached hydrogens (tertiary/aromatic N) is 3. The Hall–Kier alpha value is -4.76. The van der Waals surface area contributed by atoms with Gasteiger partial charge in [0, 0.05) is 41.5 Å². The molecule has 3 aromatic heterocycles. The molecule has 3 N–H and O–H groups in total. The van der Waals surface area contributed by atoms with Crippen molar-refractivity contribution in [2.75, 3.05) is 5.32 Å². The molecule has 0 saturated carbocycles. The van der Waals surface area contributed by atoms with Gasteiger partial charge in [0.2, 0.25) is 0 Å². The summed E-state index contributed by atoms with van der Waals surface area (Å²) in [6.45, 7) is 2.71. The van der Waals surface area contributed by atoms with Gasteiger partial charge >= 0.3 is 18.3 Å². The van der Waals surface area contributed by atoms with Crippen molar-refractivity contribution in [2.45, 2.75) is 51.1 Å². The number of alkyl halides is 6. The molecule has 0 aliphatic carbocycles. The van der Waals surface area contributed by atoms with Crippen molar-refractivity contribution in [2.24, 2.45) is 0 Å². The number of carboxylic acids is 1. The van der Waals surface area contributed by atoms with Gasteiger partial charge in [0.15, 0.2) is 0 Å². The first kappa shape index (κ1) is 32.2. The molecule has 0 fully saturated rings. The molecule has 0 spiro atoms. The number of amides is 1. The lowest BCUT2D eigenvalue weighted by molar-refractivity contribution is -0.143. The van der Waals surface area contributed by atoms with E-state index in [1.54, 1.807) is 0 Å².